The van der Waals surface area contributed by atoms with Gasteiger partial charge in [-0.15, -0.1) is 0 Å². The lowest BCUT2D eigenvalue weighted by molar-refractivity contribution is 0.407. The van der Waals surface area contributed by atoms with Crippen molar-refractivity contribution in [3.05, 3.63) is 48.5 Å². The monoisotopic (exact) mass is 390 g/mol. The topological polar surface area (TPSA) is 58.9 Å². The summed E-state index contributed by atoms with van der Waals surface area (Å²) in [5.74, 6) is 0.151. The second kappa shape index (κ2) is 6.77. The second-order valence-corrected chi connectivity index (χ2v) is 8.01. The number of nitrogens with one attached hydrogen (secondary N) is 1. The zero-order valence-corrected chi connectivity index (χ0v) is 16.7. The first-order chi connectivity index (χ1) is 14.0. The van der Waals surface area contributed by atoms with Crippen molar-refractivity contribution in [1.82, 2.24) is 25.1 Å². The Kier molecular flexibility index (Phi) is 4.20. The van der Waals surface area contributed by atoms with Gasteiger partial charge in [-0.3, -0.25) is 4.68 Å². The van der Waals surface area contributed by atoms with E-state index in [0.717, 1.165) is 29.4 Å². The van der Waals surface area contributed by atoms with Gasteiger partial charge >= 0.3 is 0 Å². The van der Waals surface area contributed by atoms with E-state index < -0.39 is 0 Å². The van der Waals surface area contributed by atoms with Crippen molar-refractivity contribution < 1.29 is 4.39 Å². The van der Waals surface area contributed by atoms with E-state index in [1.54, 1.807) is 17.9 Å². The summed E-state index contributed by atoms with van der Waals surface area (Å²) in [7, 11) is 1.78. The van der Waals surface area contributed by atoms with Gasteiger partial charge in [0.15, 0.2) is 11.6 Å². The standard InChI is InChI=1S/C22H23FN6/c1-13-10-29(11-14(2)25-13)18-4-5-20-16(7-18)9-24-22(26-20)15-6-17-12-28(3)27-21(17)19(23)8-15/h4-9,12-14,25H,10-11H2,1-3H3/t13-,14-/m1/s1. The molecule has 3 heterocycles. The zero-order valence-electron chi connectivity index (χ0n) is 16.7. The Balaban J connectivity index is 1.51. The van der Waals surface area contributed by atoms with Crippen LogP contribution in [0.1, 0.15) is 13.8 Å². The lowest BCUT2D eigenvalue weighted by Gasteiger charge is -2.37. The Morgan fingerprint density at radius 1 is 1.07 bits per heavy atom. The van der Waals surface area contributed by atoms with E-state index in [0.29, 0.717) is 29.0 Å². The van der Waals surface area contributed by atoms with Crippen molar-refractivity contribution in [1.29, 1.82) is 0 Å². The Morgan fingerprint density at radius 3 is 2.66 bits per heavy atom. The van der Waals surface area contributed by atoms with Crippen molar-refractivity contribution in [3.63, 3.8) is 0 Å². The predicted octanol–water partition coefficient (Wildman–Crippen LogP) is 3.51. The number of hydrogen-bond donors (Lipinski definition) is 1. The van der Waals surface area contributed by atoms with Gasteiger partial charge in [-0.25, -0.2) is 14.4 Å². The molecule has 1 fully saturated rings. The fourth-order valence-corrected chi connectivity index (χ4v) is 4.24. The molecule has 1 aliphatic heterocycles. The Hall–Kier alpha value is -3.06. The average Bonchev–Trinajstić information content (AvgIpc) is 3.07. The number of aryl methyl sites for hydroxylation is 1. The predicted molar refractivity (Wildman–Crippen MR) is 113 cm³/mol. The minimum Gasteiger partial charge on any atom is -0.368 e. The number of rotatable bonds is 2. The van der Waals surface area contributed by atoms with Crippen LogP contribution in [0, 0.1) is 5.82 Å². The summed E-state index contributed by atoms with van der Waals surface area (Å²) in [6.45, 7) is 6.35. The smallest absolute Gasteiger partial charge is 0.159 e. The van der Waals surface area contributed by atoms with Crippen LogP contribution in [0.5, 0.6) is 0 Å². The minimum absolute atomic E-state index is 0.362. The molecule has 29 heavy (non-hydrogen) atoms. The average molecular weight is 390 g/mol. The molecule has 7 heteroatoms. The van der Waals surface area contributed by atoms with Crippen molar-refractivity contribution in [3.8, 4) is 11.4 Å². The van der Waals surface area contributed by atoms with Crippen LogP contribution >= 0.6 is 0 Å². The highest BCUT2D eigenvalue weighted by Crippen LogP contribution is 2.27. The van der Waals surface area contributed by atoms with Crippen LogP contribution in [-0.2, 0) is 7.05 Å². The Labute approximate surface area is 168 Å². The lowest BCUT2D eigenvalue weighted by atomic mass is 10.1. The van der Waals surface area contributed by atoms with E-state index >= 15 is 0 Å². The number of anilines is 1. The van der Waals surface area contributed by atoms with Crippen LogP contribution < -0.4 is 10.2 Å². The van der Waals surface area contributed by atoms with Gasteiger partial charge in [0.25, 0.3) is 0 Å². The summed E-state index contributed by atoms with van der Waals surface area (Å²) in [6.07, 6.45) is 3.62. The molecule has 0 aliphatic carbocycles. The first kappa shape index (κ1) is 18.0. The van der Waals surface area contributed by atoms with Gasteiger partial charge in [0, 0.05) is 66.6 Å². The minimum atomic E-state index is -0.362. The quantitative estimate of drug-likeness (QED) is 0.568. The molecule has 4 aromatic rings. The summed E-state index contributed by atoms with van der Waals surface area (Å²) >= 11 is 0. The number of aromatic nitrogens is 4. The largest absolute Gasteiger partial charge is 0.368 e. The highest BCUT2D eigenvalue weighted by atomic mass is 19.1. The van der Waals surface area contributed by atoms with Gasteiger partial charge in [-0.1, -0.05) is 0 Å². The summed E-state index contributed by atoms with van der Waals surface area (Å²) in [4.78, 5) is 11.6. The number of piperazine rings is 1. The molecule has 1 N–H and O–H groups in total. The summed E-state index contributed by atoms with van der Waals surface area (Å²) in [5.41, 5.74) is 3.04. The summed E-state index contributed by atoms with van der Waals surface area (Å²) in [6, 6.07) is 10.5. The van der Waals surface area contributed by atoms with Gasteiger partial charge in [0.1, 0.15) is 5.52 Å². The van der Waals surface area contributed by atoms with E-state index in [-0.39, 0.29) is 5.82 Å². The molecule has 0 bridgehead atoms. The Morgan fingerprint density at radius 2 is 1.86 bits per heavy atom. The maximum absolute atomic E-state index is 14.4. The van der Waals surface area contributed by atoms with Gasteiger partial charge in [0.05, 0.1) is 5.52 Å². The highest BCUT2D eigenvalue weighted by molar-refractivity contribution is 5.86. The molecule has 2 aromatic heterocycles. The van der Waals surface area contributed by atoms with Crippen molar-refractivity contribution in [2.45, 2.75) is 25.9 Å². The van der Waals surface area contributed by atoms with Gasteiger partial charge in [0.2, 0.25) is 0 Å². The molecule has 148 valence electrons. The molecule has 0 unspecified atom stereocenters. The molecular formula is C22H23FN6. The number of halogens is 1. The molecule has 0 spiro atoms. The van der Waals surface area contributed by atoms with Crippen LogP contribution in [0.25, 0.3) is 33.2 Å². The van der Waals surface area contributed by atoms with Crippen LogP contribution in [0.4, 0.5) is 10.1 Å². The highest BCUT2D eigenvalue weighted by Gasteiger charge is 2.21. The zero-order chi connectivity index (χ0) is 20.1. The third-order valence-corrected chi connectivity index (χ3v) is 5.42. The molecule has 2 aromatic carbocycles. The molecule has 0 amide bonds. The molecular weight excluding hydrogens is 367 g/mol. The van der Waals surface area contributed by atoms with E-state index in [1.807, 2.05) is 18.3 Å². The number of hydrogen-bond acceptors (Lipinski definition) is 5. The number of benzene rings is 2. The third kappa shape index (κ3) is 3.31. The van der Waals surface area contributed by atoms with Crippen LogP contribution in [0.3, 0.4) is 0 Å². The van der Waals surface area contributed by atoms with E-state index in [2.05, 4.69) is 51.3 Å². The van der Waals surface area contributed by atoms with Crippen LogP contribution in [0.2, 0.25) is 0 Å². The normalized spacial score (nSPS) is 19.9. The summed E-state index contributed by atoms with van der Waals surface area (Å²) in [5, 5.41) is 9.43. The number of fused-ring (bicyclic) bond motifs is 2. The fraction of sp³-hybridized carbons (Fsp3) is 0.318. The second-order valence-electron chi connectivity index (χ2n) is 8.01. The first-order valence-electron chi connectivity index (χ1n) is 9.87. The summed E-state index contributed by atoms with van der Waals surface area (Å²) < 4.78 is 16.0. The first-order valence-corrected chi connectivity index (χ1v) is 9.87. The maximum atomic E-state index is 14.4. The molecule has 5 rings (SSSR count). The van der Waals surface area contributed by atoms with Crippen molar-refractivity contribution in [2.24, 2.45) is 7.05 Å². The molecule has 0 saturated carbocycles. The van der Waals surface area contributed by atoms with Crippen LogP contribution in [-0.4, -0.2) is 44.9 Å². The van der Waals surface area contributed by atoms with Crippen LogP contribution in [0.15, 0.2) is 42.7 Å². The molecule has 1 aliphatic rings. The van der Waals surface area contributed by atoms with Gasteiger partial charge < -0.3 is 10.2 Å². The molecule has 1 saturated heterocycles. The van der Waals surface area contributed by atoms with E-state index in [4.69, 9.17) is 0 Å². The van der Waals surface area contributed by atoms with E-state index in [1.165, 1.54) is 11.8 Å². The SMILES string of the molecule is C[C@@H]1CN(c2ccc3nc(-c4cc(F)c5nn(C)cc5c4)ncc3c2)C[C@@H](C)N1. The Bertz CT molecular complexity index is 1210. The van der Waals surface area contributed by atoms with E-state index in [9.17, 15) is 4.39 Å². The molecule has 0 radical (unpaired) electrons. The van der Waals surface area contributed by atoms with Crippen molar-refractivity contribution in [2.75, 3.05) is 18.0 Å². The van der Waals surface area contributed by atoms with Gasteiger partial charge in [-0.2, -0.15) is 5.10 Å². The maximum Gasteiger partial charge on any atom is 0.159 e. The fourth-order valence-electron chi connectivity index (χ4n) is 4.24. The third-order valence-electron chi connectivity index (χ3n) is 5.42. The van der Waals surface area contributed by atoms with Crippen molar-refractivity contribution >= 4 is 27.5 Å². The molecule has 6 nitrogen and oxygen atoms in total. The lowest BCUT2D eigenvalue weighted by Crippen LogP contribution is -2.54. The van der Waals surface area contributed by atoms with Gasteiger partial charge in [-0.05, 0) is 44.2 Å². The number of nitrogens with zero attached hydrogens (tertiary/aromatic N) is 5. The molecule has 2 atom stereocenters.